The standard InChI is InChI=1S/C11H19BrN2S/c1-8(2)13-6-10(14(3)4)11-5-9(12)7-15-11/h5,7-8,10,13H,6H2,1-4H3. The van der Waals surface area contributed by atoms with E-state index in [0.717, 1.165) is 6.54 Å². The lowest BCUT2D eigenvalue weighted by atomic mass is 10.2. The fraction of sp³-hybridized carbons (Fsp3) is 0.636. The first-order chi connectivity index (χ1) is 7.00. The van der Waals surface area contributed by atoms with Crippen LogP contribution in [0.5, 0.6) is 0 Å². The minimum absolute atomic E-state index is 0.462. The van der Waals surface area contributed by atoms with E-state index in [1.165, 1.54) is 9.35 Å². The first kappa shape index (κ1) is 13.2. The van der Waals surface area contributed by atoms with Crippen LogP contribution in [0.2, 0.25) is 0 Å². The lowest BCUT2D eigenvalue weighted by molar-refractivity contribution is 0.287. The highest BCUT2D eigenvalue weighted by Gasteiger charge is 2.15. The molecule has 4 heteroatoms. The van der Waals surface area contributed by atoms with Crippen LogP contribution in [0.25, 0.3) is 0 Å². The molecule has 0 bridgehead atoms. The van der Waals surface area contributed by atoms with E-state index in [2.05, 4.69) is 65.5 Å². The normalized spacial score (nSPS) is 13.8. The summed E-state index contributed by atoms with van der Waals surface area (Å²) in [6, 6.07) is 3.21. The van der Waals surface area contributed by atoms with Crippen molar-refractivity contribution in [1.82, 2.24) is 10.2 Å². The average molecular weight is 291 g/mol. The van der Waals surface area contributed by atoms with Crippen molar-refractivity contribution in [3.05, 3.63) is 20.8 Å². The van der Waals surface area contributed by atoms with Gasteiger partial charge in [-0.2, -0.15) is 0 Å². The molecule has 0 aliphatic carbocycles. The van der Waals surface area contributed by atoms with Crippen LogP contribution in [0, 0.1) is 0 Å². The zero-order valence-corrected chi connectivity index (χ0v) is 12.2. The molecule has 1 aromatic heterocycles. The Bertz CT molecular complexity index is 297. The summed E-state index contributed by atoms with van der Waals surface area (Å²) < 4.78 is 1.18. The van der Waals surface area contributed by atoms with E-state index in [0.29, 0.717) is 12.1 Å². The number of hydrogen-bond acceptors (Lipinski definition) is 3. The summed E-state index contributed by atoms with van der Waals surface area (Å²) in [6.45, 7) is 5.35. The molecule has 0 fully saturated rings. The van der Waals surface area contributed by atoms with Crippen molar-refractivity contribution >= 4 is 27.3 Å². The van der Waals surface area contributed by atoms with Crippen LogP contribution in [0.15, 0.2) is 15.9 Å². The van der Waals surface area contributed by atoms with E-state index in [-0.39, 0.29) is 0 Å². The Kier molecular flexibility index (Phi) is 5.26. The zero-order chi connectivity index (χ0) is 11.4. The van der Waals surface area contributed by atoms with Crippen LogP contribution < -0.4 is 5.32 Å². The Morgan fingerprint density at radius 2 is 2.13 bits per heavy atom. The van der Waals surface area contributed by atoms with Crippen LogP contribution in [0.4, 0.5) is 0 Å². The van der Waals surface area contributed by atoms with Gasteiger partial charge in [-0.3, -0.25) is 0 Å². The Morgan fingerprint density at radius 3 is 2.53 bits per heavy atom. The Morgan fingerprint density at radius 1 is 1.47 bits per heavy atom. The summed E-state index contributed by atoms with van der Waals surface area (Å²) in [5.41, 5.74) is 0. The summed E-state index contributed by atoms with van der Waals surface area (Å²) >= 11 is 5.31. The number of likely N-dealkylation sites (N-methyl/N-ethyl adjacent to an activating group) is 1. The van der Waals surface area contributed by atoms with Crippen LogP contribution >= 0.6 is 27.3 Å². The summed E-state index contributed by atoms with van der Waals surface area (Å²) in [4.78, 5) is 3.66. The van der Waals surface area contributed by atoms with Crippen LogP contribution in [-0.4, -0.2) is 31.6 Å². The second-order valence-electron chi connectivity index (χ2n) is 4.21. The minimum Gasteiger partial charge on any atom is -0.313 e. The maximum Gasteiger partial charge on any atom is 0.0562 e. The molecule has 0 aliphatic heterocycles. The van der Waals surface area contributed by atoms with Crippen molar-refractivity contribution in [3.8, 4) is 0 Å². The molecule has 1 N–H and O–H groups in total. The monoisotopic (exact) mass is 290 g/mol. The van der Waals surface area contributed by atoms with Crippen molar-refractivity contribution < 1.29 is 0 Å². The molecule has 2 nitrogen and oxygen atoms in total. The molecule has 0 amide bonds. The Hall–Kier alpha value is 0.1000. The van der Waals surface area contributed by atoms with Crippen LogP contribution in [0.1, 0.15) is 24.8 Å². The fourth-order valence-corrected chi connectivity index (χ4v) is 3.03. The lowest BCUT2D eigenvalue weighted by Gasteiger charge is -2.24. The third-order valence-electron chi connectivity index (χ3n) is 2.26. The van der Waals surface area contributed by atoms with Gasteiger partial charge >= 0.3 is 0 Å². The van der Waals surface area contributed by atoms with E-state index in [9.17, 15) is 0 Å². The molecular formula is C11H19BrN2S. The minimum atomic E-state index is 0.462. The van der Waals surface area contributed by atoms with Crippen molar-refractivity contribution in [2.75, 3.05) is 20.6 Å². The SMILES string of the molecule is CC(C)NCC(c1cc(Br)cs1)N(C)C. The number of hydrogen-bond donors (Lipinski definition) is 1. The topological polar surface area (TPSA) is 15.3 Å². The molecule has 1 aromatic rings. The Labute approximate surface area is 105 Å². The number of halogens is 1. The van der Waals surface area contributed by atoms with Gasteiger partial charge < -0.3 is 10.2 Å². The van der Waals surface area contributed by atoms with Crippen LogP contribution in [0.3, 0.4) is 0 Å². The fourth-order valence-electron chi connectivity index (χ4n) is 1.39. The third-order valence-corrected chi connectivity index (χ3v) is 4.05. The van der Waals surface area contributed by atoms with Crippen molar-refractivity contribution in [1.29, 1.82) is 0 Å². The summed E-state index contributed by atoms with van der Waals surface area (Å²) in [5.74, 6) is 0. The average Bonchev–Trinajstić information content (AvgIpc) is 2.51. The van der Waals surface area contributed by atoms with Gasteiger partial charge in [0, 0.05) is 27.3 Å². The predicted molar refractivity (Wildman–Crippen MR) is 71.6 cm³/mol. The largest absolute Gasteiger partial charge is 0.313 e. The summed E-state index contributed by atoms with van der Waals surface area (Å²) in [7, 11) is 4.25. The summed E-state index contributed by atoms with van der Waals surface area (Å²) in [6.07, 6.45) is 0. The number of rotatable bonds is 5. The number of thiophene rings is 1. The number of nitrogens with one attached hydrogen (secondary N) is 1. The van der Waals surface area contributed by atoms with Gasteiger partial charge in [0.15, 0.2) is 0 Å². The van der Waals surface area contributed by atoms with Gasteiger partial charge in [-0.1, -0.05) is 13.8 Å². The second-order valence-corrected chi connectivity index (χ2v) is 6.07. The third kappa shape index (κ3) is 4.23. The van der Waals surface area contributed by atoms with Gasteiger partial charge in [-0.05, 0) is 36.1 Å². The predicted octanol–water partition coefficient (Wildman–Crippen LogP) is 3.11. The van der Waals surface area contributed by atoms with Crippen molar-refractivity contribution in [2.45, 2.75) is 25.9 Å². The molecule has 15 heavy (non-hydrogen) atoms. The van der Waals surface area contributed by atoms with E-state index < -0.39 is 0 Å². The smallest absolute Gasteiger partial charge is 0.0562 e. The molecule has 1 rings (SSSR count). The van der Waals surface area contributed by atoms with Gasteiger partial charge in [0.25, 0.3) is 0 Å². The molecule has 0 aliphatic rings. The molecule has 0 saturated carbocycles. The Balaban J connectivity index is 2.66. The van der Waals surface area contributed by atoms with E-state index >= 15 is 0 Å². The van der Waals surface area contributed by atoms with Crippen LogP contribution in [-0.2, 0) is 0 Å². The highest BCUT2D eigenvalue weighted by molar-refractivity contribution is 9.10. The van der Waals surface area contributed by atoms with Crippen molar-refractivity contribution in [2.24, 2.45) is 0 Å². The van der Waals surface area contributed by atoms with Gasteiger partial charge in [0.2, 0.25) is 0 Å². The van der Waals surface area contributed by atoms with Crippen molar-refractivity contribution in [3.63, 3.8) is 0 Å². The zero-order valence-electron chi connectivity index (χ0n) is 9.75. The lowest BCUT2D eigenvalue weighted by Crippen LogP contribution is -2.34. The molecule has 0 spiro atoms. The molecule has 0 saturated heterocycles. The molecule has 0 aromatic carbocycles. The van der Waals surface area contributed by atoms with Gasteiger partial charge in [-0.15, -0.1) is 11.3 Å². The first-order valence-electron chi connectivity index (χ1n) is 5.14. The molecule has 1 heterocycles. The molecule has 0 radical (unpaired) electrons. The maximum atomic E-state index is 3.50. The van der Waals surface area contributed by atoms with E-state index in [1.807, 2.05) is 11.3 Å². The second kappa shape index (κ2) is 5.99. The van der Waals surface area contributed by atoms with Gasteiger partial charge in [0.1, 0.15) is 0 Å². The first-order valence-corrected chi connectivity index (χ1v) is 6.81. The maximum absolute atomic E-state index is 3.50. The van der Waals surface area contributed by atoms with Gasteiger partial charge in [0.05, 0.1) is 6.04 Å². The molecule has 1 unspecified atom stereocenters. The molecule has 86 valence electrons. The quantitative estimate of drug-likeness (QED) is 0.896. The summed E-state index contributed by atoms with van der Waals surface area (Å²) in [5, 5.41) is 5.62. The van der Waals surface area contributed by atoms with Gasteiger partial charge in [-0.25, -0.2) is 0 Å². The molecule has 1 atom stereocenters. The molecular weight excluding hydrogens is 272 g/mol. The highest BCUT2D eigenvalue weighted by atomic mass is 79.9. The highest BCUT2D eigenvalue weighted by Crippen LogP contribution is 2.27. The van der Waals surface area contributed by atoms with E-state index in [4.69, 9.17) is 0 Å². The number of nitrogens with zero attached hydrogens (tertiary/aromatic N) is 1. The van der Waals surface area contributed by atoms with E-state index in [1.54, 1.807) is 0 Å².